The van der Waals surface area contributed by atoms with Gasteiger partial charge in [-0.05, 0) is 20.8 Å². The summed E-state index contributed by atoms with van der Waals surface area (Å²) in [7, 11) is -1.93. The van der Waals surface area contributed by atoms with Crippen LogP contribution in [0.4, 0.5) is 0 Å². The second-order valence-electron chi connectivity index (χ2n) is 1.81. The zero-order valence-corrected chi connectivity index (χ0v) is 8.60. The van der Waals surface area contributed by atoms with Gasteiger partial charge in [0.15, 0.2) is 0 Å². The Labute approximate surface area is 74.0 Å². The van der Waals surface area contributed by atoms with E-state index in [2.05, 4.69) is 0 Å². The molecule has 0 aliphatic heterocycles. The van der Waals surface area contributed by atoms with E-state index < -0.39 is 8.00 Å². The SMILES string of the molecule is CCOC(OCC)=[P+]([O-])OCC. The second-order valence-corrected chi connectivity index (χ2v) is 2.94. The van der Waals surface area contributed by atoms with Crippen LogP contribution in [-0.2, 0) is 14.0 Å². The highest BCUT2D eigenvalue weighted by atomic mass is 31.1. The van der Waals surface area contributed by atoms with Crippen LogP contribution in [0.25, 0.3) is 0 Å². The molecule has 5 heteroatoms. The van der Waals surface area contributed by atoms with Crippen molar-refractivity contribution in [3.8, 4) is 0 Å². The minimum Gasteiger partial charge on any atom is -0.599 e. The Balaban J connectivity index is 4.11. The van der Waals surface area contributed by atoms with E-state index in [1.54, 1.807) is 20.8 Å². The van der Waals surface area contributed by atoms with Gasteiger partial charge in [-0.3, -0.25) is 9.47 Å². The van der Waals surface area contributed by atoms with Crippen LogP contribution in [0, 0.1) is 0 Å². The summed E-state index contributed by atoms with van der Waals surface area (Å²) in [4.78, 5) is 11.2. The number of hydrogen-bond acceptors (Lipinski definition) is 4. The van der Waals surface area contributed by atoms with Gasteiger partial charge in [0, 0.05) is 0 Å². The molecule has 4 nitrogen and oxygen atoms in total. The van der Waals surface area contributed by atoms with Crippen LogP contribution in [-0.4, -0.2) is 25.5 Å². The predicted octanol–water partition coefficient (Wildman–Crippen LogP) is 0.856. The molecular weight excluding hydrogens is 179 g/mol. The molecule has 0 N–H and O–H groups in total. The van der Waals surface area contributed by atoms with Crippen LogP contribution in [0.15, 0.2) is 0 Å². The Morgan fingerprint density at radius 3 is 1.92 bits per heavy atom. The third-order valence-corrected chi connectivity index (χ3v) is 1.98. The minimum atomic E-state index is -1.93. The summed E-state index contributed by atoms with van der Waals surface area (Å²) >= 11 is 0. The standard InChI is InChI=1S/C7H15O4P/c1-4-9-7(10-5-2)12(8)11-6-3/h4-6H2,1-3H3. The van der Waals surface area contributed by atoms with Crippen molar-refractivity contribution in [2.45, 2.75) is 20.8 Å². The van der Waals surface area contributed by atoms with Crippen LogP contribution in [0.3, 0.4) is 0 Å². The molecule has 12 heavy (non-hydrogen) atoms. The summed E-state index contributed by atoms with van der Waals surface area (Å²) in [6, 6.07) is 0. The first-order valence-electron chi connectivity index (χ1n) is 3.98. The molecule has 0 bridgehead atoms. The molecule has 72 valence electrons. The van der Waals surface area contributed by atoms with Gasteiger partial charge in [0.1, 0.15) is 0 Å². The Bertz CT molecular complexity index is 138. The highest BCUT2D eigenvalue weighted by Gasteiger charge is 2.12. The Kier molecular flexibility index (Phi) is 7.65. The lowest BCUT2D eigenvalue weighted by atomic mass is 10.9. The van der Waals surface area contributed by atoms with Gasteiger partial charge in [0.25, 0.3) is 8.00 Å². The fraction of sp³-hybridized carbons (Fsp3) is 0.857. The van der Waals surface area contributed by atoms with Crippen molar-refractivity contribution in [2.24, 2.45) is 0 Å². The molecule has 0 fully saturated rings. The quantitative estimate of drug-likeness (QED) is 0.588. The minimum absolute atomic E-state index is 0.0943. The van der Waals surface area contributed by atoms with Crippen molar-refractivity contribution < 1.29 is 18.9 Å². The summed E-state index contributed by atoms with van der Waals surface area (Å²) < 4.78 is 14.8. The van der Waals surface area contributed by atoms with E-state index >= 15 is 0 Å². The van der Waals surface area contributed by atoms with Crippen LogP contribution in [0.1, 0.15) is 20.8 Å². The molecular formula is C7H15O4P. The highest BCUT2D eigenvalue weighted by molar-refractivity contribution is 7.45. The van der Waals surface area contributed by atoms with E-state index in [4.69, 9.17) is 14.0 Å². The fourth-order valence-electron chi connectivity index (χ4n) is 0.564. The summed E-state index contributed by atoms with van der Waals surface area (Å²) in [5, 5.41) is 0. The largest absolute Gasteiger partial charge is 0.599 e. The van der Waals surface area contributed by atoms with Gasteiger partial charge in [0.2, 0.25) is 0 Å². The number of ether oxygens (including phenoxy) is 2. The average molecular weight is 194 g/mol. The third-order valence-electron chi connectivity index (χ3n) is 0.931. The number of hydrogen-bond donors (Lipinski definition) is 0. The maximum absolute atomic E-state index is 11.2. The molecule has 0 aromatic heterocycles. The van der Waals surface area contributed by atoms with Gasteiger partial charge in [-0.2, -0.15) is 4.52 Å². The molecule has 0 amide bonds. The molecule has 0 aromatic rings. The lowest BCUT2D eigenvalue weighted by Crippen LogP contribution is -2.13. The summed E-state index contributed by atoms with van der Waals surface area (Å²) in [5.41, 5.74) is 0.0943. The molecule has 0 aliphatic carbocycles. The molecule has 0 saturated heterocycles. The van der Waals surface area contributed by atoms with E-state index in [1.165, 1.54) is 0 Å². The Hall–Kier alpha value is 0.01000. The summed E-state index contributed by atoms with van der Waals surface area (Å²) in [6.07, 6.45) is 0. The predicted molar refractivity (Wildman–Crippen MR) is 46.8 cm³/mol. The molecule has 0 aromatic carbocycles. The second kappa shape index (κ2) is 7.65. The van der Waals surface area contributed by atoms with Gasteiger partial charge < -0.3 is 4.89 Å². The topological polar surface area (TPSA) is 50.8 Å². The van der Waals surface area contributed by atoms with Crippen molar-refractivity contribution in [2.75, 3.05) is 19.8 Å². The van der Waals surface area contributed by atoms with Gasteiger partial charge in [-0.25, -0.2) is 0 Å². The van der Waals surface area contributed by atoms with Crippen LogP contribution >= 0.6 is 8.00 Å². The summed E-state index contributed by atoms with van der Waals surface area (Å²) in [6.45, 7) is 6.62. The van der Waals surface area contributed by atoms with E-state index in [-0.39, 0.29) is 5.67 Å². The first-order valence-corrected chi connectivity index (χ1v) is 5.16. The van der Waals surface area contributed by atoms with E-state index in [9.17, 15) is 4.89 Å². The Morgan fingerprint density at radius 2 is 1.58 bits per heavy atom. The smallest absolute Gasteiger partial charge is 0.398 e. The van der Waals surface area contributed by atoms with Crippen LogP contribution in [0.2, 0.25) is 0 Å². The lowest BCUT2D eigenvalue weighted by molar-refractivity contribution is -0.173. The lowest BCUT2D eigenvalue weighted by Gasteiger charge is -2.03. The zero-order valence-electron chi connectivity index (χ0n) is 7.70. The average Bonchev–Trinajstić information content (AvgIpc) is 2.04. The van der Waals surface area contributed by atoms with Gasteiger partial charge in [-0.15, -0.1) is 0 Å². The van der Waals surface area contributed by atoms with Gasteiger partial charge >= 0.3 is 5.67 Å². The summed E-state index contributed by atoms with van der Waals surface area (Å²) in [5.74, 6) is 0. The van der Waals surface area contributed by atoms with E-state index in [0.29, 0.717) is 19.8 Å². The Morgan fingerprint density at radius 1 is 1.08 bits per heavy atom. The van der Waals surface area contributed by atoms with Crippen molar-refractivity contribution in [3.63, 3.8) is 0 Å². The van der Waals surface area contributed by atoms with E-state index in [0.717, 1.165) is 0 Å². The van der Waals surface area contributed by atoms with Crippen LogP contribution < -0.4 is 4.89 Å². The number of rotatable bonds is 6. The fourth-order valence-corrected chi connectivity index (χ4v) is 1.37. The maximum Gasteiger partial charge on any atom is 0.398 e. The van der Waals surface area contributed by atoms with Crippen molar-refractivity contribution in [3.05, 3.63) is 0 Å². The molecule has 0 heterocycles. The molecule has 1 atom stereocenters. The first-order chi connectivity index (χ1) is 5.76. The third kappa shape index (κ3) is 4.80. The monoisotopic (exact) mass is 194 g/mol. The molecule has 0 aliphatic rings. The maximum atomic E-state index is 11.2. The highest BCUT2D eigenvalue weighted by Crippen LogP contribution is 2.16. The molecule has 1 unspecified atom stereocenters. The van der Waals surface area contributed by atoms with Gasteiger partial charge in [-0.1, -0.05) is 0 Å². The first kappa shape index (κ1) is 12.0. The molecule has 0 rings (SSSR count). The molecule has 0 radical (unpaired) electrons. The van der Waals surface area contributed by atoms with Crippen molar-refractivity contribution in [1.29, 1.82) is 0 Å². The van der Waals surface area contributed by atoms with Crippen LogP contribution in [0.5, 0.6) is 0 Å². The van der Waals surface area contributed by atoms with Gasteiger partial charge in [0.05, 0.1) is 19.8 Å². The molecule has 0 spiro atoms. The van der Waals surface area contributed by atoms with Crippen molar-refractivity contribution >= 4 is 13.7 Å². The normalized spacial score (nSPS) is 11.5. The van der Waals surface area contributed by atoms with Crippen molar-refractivity contribution in [1.82, 2.24) is 0 Å². The zero-order chi connectivity index (χ0) is 9.40. The molecule has 0 saturated carbocycles. The van der Waals surface area contributed by atoms with E-state index in [1.807, 2.05) is 0 Å².